The summed E-state index contributed by atoms with van der Waals surface area (Å²) in [6.07, 6.45) is 2.78. The van der Waals surface area contributed by atoms with Crippen LogP contribution in [0.15, 0.2) is 46.7 Å². The predicted molar refractivity (Wildman–Crippen MR) is 85.4 cm³/mol. The van der Waals surface area contributed by atoms with E-state index in [4.69, 9.17) is 10.5 Å². The number of methoxy groups -OCH3 is 1. The third-order valence-electron chi connectivity index (χ3n) is 3.00. The van der Waals surface area contributed by atoms with Gasteiger partial charge in [0.15, 0.2) is 5.84 Å². The number of amidine groups is 1. The molecule has 1 heterocycles. The Kier molecular flexibility index (Phi) is 4.80. The third-order valence-corrected chi connectivity index (χ3v) is 4.64. The monoisotopic (exact) mass is 335 g/mol. The molecule has 0 atom stereocenters. The Hall–Kier alpha value is -2.68. The fourth-order valence-corrected chi connectivity index (χ4v) is 2.67. The summed E-state index contributed by atoms with van der Waals surface area (Å²) in [6, 6.07) is 6.44. The van der Waals surface area contributed by atoms with E-state index in [1.54, 1.807) is 12.1 Å². The van der Waals surface area contributed by atoms with Crippen LogP contribution in [-0.4, -0.2) is 42.8 Å². The molecule has 1 aromatic heterocycles. The van der Waals surface area contributed by atoms with Crippen LogP contribution >= 0.6 is 0 Å². The van der Waals surface area contributed by atoms with Crippen molar-refractivity contribution in [3.05, 3.63) is 47.9 Å². The van der Waals surface area contributed by atoms with E-state index in [-0.39, 0.29) is 22.3 Å². The van der Waals surface area contributed by atoms with E-state index < -0.39 is 10.0 Å². The van der Waals surface area contributed by atoms with Gasteiger partial charge in [-0.15, -0.1) is 5.10 Å². The maximum Gasteiger partial charge on any atom is 0.278 e. The molecule has 23 heavy (non-hydrogen) atoms. The van der Waals surface area contributed by atoms with Crippen molar-refractivity contribution in [1.29, 1.82) is 0 Å². The van der Waals surface area contributed by atoms with E-state index in [1.807, 2.05) is 6.92 Å². The van der Waals surface area contributed by atoms with Gasteiger partial charge in [-0.05, 0) is 19.1 Å². The lowest BCUT2D eigenvalue weighted by atomic mass is 10.2. The van der Waals surface area contributed by atoms with E-state index in [1.165, 1.54) is 38.7 Å². The maximum atomic E-state index is 12.4. The summed E-state index contributed by atoms with van der Waals surface area (Å²) in [5.74, 6) is 0.166. The number of sulfonamides is 1. The maximum absolute atomic E-state index is 12.4. The molecule has 0 fully saturated rings. The van der Waals surface area contributed by atoms with Crippen LogP contribution in [0.2, 0.25) is 0 Å². The Balaban J connectivity index is 2.31. The molecule has 1 aromatic carbocycles. The van der Waals surface area contributed by atoms with Crippen molar-refractivity contribution >= 4 is 15.9 Å². The van der Waals surface area contributed by atoms with Crippen molar-refractivity contribution in [3.63, 3.8) is 0 Å². The Bertz CT molecular complexity index is 819. The molecule has 2 rings (SSSR count). The van der Waals surface area contributed by atoms with Crippen molar-refractivity contribution in [3.8, 4) is 5.88 Å². The molecule has 0 unspecified atom stereocenters. The number of benzene rings is 1. The number of hydrazone groups is 1. The Labute approximate surface area is 134 Å². The number of nitrogens with zero attached hydrogens (tertiary/aromatic N) is 4. The molecule has 2 aromatic rings. The molecule has 0 aliphatic rings. The van der Waals surface area contributed by atoms with Crippen LogP contribution in [0.3, 0.4) is 0 Å². The first-order chi connectivity index (χ1) is 10.8. The summed E-state index contributed by atoms with van der Waals surface area (Å²) in [5.41, 5.74) is 6.98. The molecular formula is C14H17N5O3S. The normalized spacial score (nSPS) is 12.0. The van der Waals surface area contributed by atoms with E-state index >= 15 is 0 Å². The number of aryl methyl sites for hydroxylation is 1. The predicted octanol–water partition coefficient (Wildman–Crippen LogP) is 0.735. The number of aromatic nitrogens is 2. The van der Waals surface area contributed by atoms with Gasteiger partial charge >= 0.3 is 0 Å². The van der Waals surface area contributed by atoms with E-state index in [0.29, 0.717) is 0 Å². The van der Waals surface area contributed by atoms with Gasteiger partial charge in [0.25, 0.3) is 10.0 Å². The highest BCUT2D eigenvalue weighted by Gasteiger charge is 2.20. The molecule has 9 heteroatoms. The minimum Gasteiger partial charge on any atom is -0.480 e. The first-order valence-electron chi connectivity index (χ1n) is 6.60. The van der Waals surface area contributed by atoms with Crippen molar-refractivity contribution in [2.45, 2.75) is 11.8 Å². The van der Waals surface area contributed by atoms with Crippen molar-refractivity contribution in [2.24, 2.45) is 10.8 Å². The van der Waals surface area contributed by atoms with Gasteiger partial charge in [0, 0.05) is 7.05 Å². The minimum absolute atomic E-state index is 0.0883. The van der Waals surface area contributed by atoms with Crippen LogP contribution in [0.1, 0.15) is 11.3 Å². The quantitative estimate of drug-likeness (QED) is 0.490. The van der Waals surface area contributed by atoms with Gasteiger partial charge in [0.2, 0.25) is 5.88 Å². The summed E-state index contributed by atoms with van der Waals surface area (Å²) in [6.45, 7) is 1.87. The fourth-order valence-electron chi connectivity index (χ4n) is 1.69. The largest absolute Gasteiger partial charge is 0.480 e. The van der Waals surface area contributed by atoms with Gasteiger partial charge in [-0.1, -0.05) is 17.7 Å². The van der Waals surface area contributed by atoms with Gasteiger partial charge in [-0.3, -0.25) is 4.98 Å². The number of ether oxygens (including phenoxy) is 1. The zero-order valence-electron chi connectivity index (χ0n) is 13.0. The van der Waals surface area contributed by atoms with Gasteiger partial charge < -0.3 is 10.5 Å². The fraction of sp³-hybridized carbons (Fsp3) is 0.214. The standard InChI is InChI=1S/C14H17N5O3S/c1-10-4-6-11(7-5-10)23(20,21)19(2)18-14(15)12-8-16-9-13(17-12)22-3/h4-9H,1-3H3,(H2,15,18). The lowest BCUT2D eigenvalue weighted by molar-refractivity contribution is 0.395. The van der Waals surface area contributed by atoms with Crippen LogP contribution in [0.4, 0.5) is 0 Å². The summed E-state index contributed by atoms with van der Waals surface area (Å²) < 4.78 is 30.6. The Morgan fingerprint density at radius 2 is 1.91 bits per heavy atom. The van der Waals surface area contributed by atoms with Crippen LogP contribution < -0.4 is 10.5 Å². The van der Waals surface area contributed by atoms with E-state index in [2.05, 4.69) is 15.1 Å². The van der Waals surface area contributed by atoms with Gasteiger partial charge in [-0.2, -0.15) is 12.8 Å². The second-order valence-electron chi connectivity index (χ2n) is 4.68. The SMILES string of the molecule is COc1cncc(C(N)=NN(C)S(=O)(=O)c2ccc(C)cc2)n1. The zero-order valence-corrected chi connectivity index (χ0v) is 13.8. The highest BCUT2D eigenvalue weighted by molar-refractivity contribution is 7.89. The molecule has 0 saturated carbocycles. The smallest absolute Gasteiger partial charge is 0.278 e. The average molecular weight is 335 g/mol. The van der Waals surface area contributed by atoms with Crippen molar-refractivity contribution in [1.82, 2.24) is 14.4 Å². The molecule has 122 valence electrons. The molecule has 0 spiro atoms. The lowest BCUT2D eigenvalue weighted by Crippen LogP contribution is -2.27. The molecule has 0 aliphatic heterocycles. The summed E-state index contributed by atoms with van der Waals surface area (Å²) in [5, 5.41) is 3.87. The van der Waals surface area contributed by atoms with Crippen LogP contribution in [0.25, 0.3) is 0 Å². The molecular weight excluding hydrogens is 318 g/mol. The number of nitrogens with two attached hydrogens (primary N) is 1. The van der Waals surface area contributed by atoms with E-state index in [0.717, 1.165) is 9.98 Å². The Morgan fingerprint density at radius 1 is 1.26 bits per heavy atom. The molecule has 0 radical (unpaired) electrons. The zero-order chi connectivity index (χ0) is 17.0. The molecule has 8 nitrogen and oxygen atoms in total. The van der Waals surface area contributed by atoms with Gasteiger partial charge in [-0.25, -0.2) is 4.98 Å². The summed E-state index contributed by atoms with van der Waals surface area (Å²) in [4.78, 5) is 8.07. The van der Waals surface area contributed by atoms with Crippen LogP contribution in [-0.2, 0) is 10.0 Å². The average Bonchev–Trinajstić information content (AvgIpc) is 2.55. The van der Waals surface area contributed by atoms with Gasteiger partial charge in [0.05, 0.1) is 24.4 Å². The first-order valence-corrected chi connectivity index (χ1v) is 8.04. The number of hydrogen-bond donors (Lipinski definition) is 1. The summed E-state index contributed by atoms with van der Waals surface area (Å²) >= 11 is 0. The molecule has 2 N–H and O–H groups in total. The van der Waals surface area contributed by atoms with Crippen LogP contribution in [0, 0.1) is 6.92 Å². The second-order valence-corrected chi connectivity index (χ2v) is 6.63. The first kappa shape index (κ1) is 16.7. The molecule has 0 saturated heterocycles. The lowest BCUT2D eigenvalue weighted by Gasteiger charge is -2.14. The molecule has 0 amide bonds. The Morgan fingerprint density at radius 3 is 2.52 bits per heavy atom. The number of hydrogen-bond acceptors (Lipinski definition) is 6. The number of rotatable bonds is 5. The van der Waals surface area contributed by atoms with Gasteiger partial charge in [0.1, 0.15) is 5.69 Å². The van der Waals surface area contributed by atoms with E-state index in [9.17, 15) is 8.42 Å². The highest BCUT2D eigenvalue weighted by Crippen LogP contribution is 2.15. The minimum atomic E-state index is -3.79. The highest BCUT2D eigenvalue weighted by atomic mass is 32.2. The van der Waals surface area contributed by atoms with Crippen molar-refractivity contribution in [2.75, 3.05) is 14.2 Å². The van der Waals surface area contributed by atoms with Crippen LogP contribution in [0.5, 0.6) is 5.88 Å². The third kappa shape index (κ3) is 3.75. The molecule has 0 bridgehead atoms. The topological polar surface area (TPSA) is 111 Å². The second kappa shape index (κ2) is 6.61. The summed E-state index contributed by atoms with van der Waals surface area (Å²) in [7, 11) is -1.05. The molecule has 0 aliphatic carbocycles. The van der Waals surface area contributed by atoms with Crippen molar-refractivity contribution < 1.29 is 13.2 Å².